The zero-order valence-corrected chi connectivity index (χ0v) is 19.1. The number of anilines is 2. The predicted octanol–water partition coefficient (Wildman–Crippen LogP) is 4.87. The number of fused-ring (bicyclic) bond motifs is 1. The van der Waals surface area contributed by atoms with E-state index >= 15 is 0 Å². The lowest BCUT2D eigenvalue weighted by molar-refractivity contribution is -0.128. The van der Waals surface area contributed by atoms with Crippen molar-refractivity contribution in [2.75, 3.05) is 10.6 Å². The quantitative estimate of drug-likeness (QED) is 0.420. The van der Waals surface area contributed by atoms with Gasteiger partial charge in [-0.1, -0.05) is 23.7 Å². The van der Waals surface area contributed by atoms with Gasteiger partial charge in [0.05, 0.1) is 5.69 Å². The van der Waals surface area contributed by atoms with Crippen molar-refractivity contribution in [3.05, 3.63) is 58.9 Å². The number of thiazole rings is 1. The molecule has 8 nitrogen and oxygen atoms in total. The SMILES string of the molecule is CC(=O)Nc1ccc(-c2csc3nc(NC(=O)C(C)(C)Oc4ccc(Cl)cc4)nn23)cc1. The number of hydrogen-bond acceptors (Lipinski definition) is 6. The molecule has 0 radical (unpaired) electrons. The first-order valence-electron chi connectivity index (χ1n) is 9.69. The van der Waals surface area contributed by atoms with Gasteiger partial charge in [0.2, 0.25) is 10.9 Å². The monoisotopic (exact) mass is 469 g/mol. The fourth-order valence-corrected chi connectivity index (χ4v) is 3.91. The predicted molar refractivity (Wildman–Crippen MR) is 125 cm³/mol. The van der Waals surface area contributed by atoms with Crippen LogP contribution in [0.15, 0.2) is 53.9 Å². The molecule has 0 aliphatic heterocycles. The van der Waals surface area contributed by atoms with E-state index in [0.29, 0.717) is 21.4 Å². The van der Waals surface area contributed by atoms with E-state index in [1.54, 1.807) is 42.6 Å². The highest BCUT2D eigenvalue weighted by atomic mass is 35.5. The Morgan fingerprint density at radius 3 is 2.41 bits per heavy atom. The Morgan fingerprint density at radius 2 is 1.75 bits per heavy atom. The largest absolute Gasteiger partial charge is 0.478 e. The molecule has 2 N–H and O–H groups in total. The Kier molecular flexibility index (Phi) is 5.86. The van der Waals surface area contributed by atoms with E-state index in [1.165, 1.54) is 18.3 Å². The molecule has 4 aromatic rings. The van der Waals surface area contributed by atoms with Crippen LogP contribution in [0.3, 0.4) is 0 Å². The Bertz CT molecular complexity index is 1280. The maximum absolute atomic E-state index is 12.8. The molecule has 0 spiro atoms. The van der Waals surface area contributed by atoms with Crippen LogP contribution in [0, 0.1) is 0 Å². The van der Waals surface area contributed by atoms with Crippen molar-refractivity contribution in [1.82, 2.24) is 14.6 Å². The Hall–Kier alpha value is -3.43. The number of aromatic nitrogens is 3. The summed E-state index contributed by atoms with van der Waals surface area (Å²) in [6, 6.07) is 14.2. The average molecular weight is 470 g/mol. The molecular formula is C22H20ClN5O3S. The third-order valence-corrected chi connectivity index (χ3v) is 5.61. The molecule has 2 amide bonds. The topological polar surface area (TPSA) is 97.6 Å². The molecule has 10 heteroatoms. The number of benzene rings is 2. The van der Waals surface area contributed by atoms with Crippen LogP contribution in [0.25, 0.3) is 16.2 Å². The summed E-state index contributed by atoms with van der Waals surface area (Å²) >= 11 is 7.30. The lowest BCUT2D eigenvalue weighted by Gasteiger charge is -2.24. The second-order valence-corrected chi connectivity index (χ2v) is 8.80. The smallest absolute Gasteiger partial charge is 0.270 e. The van der Waals surface area contributed by atoms with Crippen molar-refractivity contribution >= 4 is 51.3 Å². The number of hydrogen-bond donors (Lipinski definition) is 2. The van der Waals surface area contributed by atoms with E-state index < -0.39 is 5.60 Å². The van der Waals surface area contributed by atoms with Crippen molar-refractivity contribution in [3.8, 4) is 17.0 Å². The van der Waals surface area contributed by atoms with E-state index in [-0.39, 0.29) is 17.8 Å². The van der Waals surface area contributed by atoms with Gasteiger partial charge >= 0.3 is 0 Å². The summed E-state index contributed by atoms with van der Waals surface area (Å²) in [5.74, 6) is 0.200. The lowest BCUT2D eigenvalue weighted by Crippen LogP contribution is -2.42. The number of ether oxygens (including phenoxy) is 1. The second kappa shape index (κ2) is 8.60. The number of rotatable bonds is 6. The number of carbonyl (C=O) groups excluding carboxylic acids is 2. The van der Waals surface area contributed by atoms with Gasteiger partial charge in [-0.25, -0.2) is 4.52 Å². The van der Waals surface area contributed by atoms with E-state index in [0.717, 1.165) is 11.3 Å². The maximum atomic E-state index is 12.8. The first-order chi connectivity index (χ1) is 15.2. The minimum atomic E-state index is -1.16. The fourth-order valence-electron chi connectivity index (χ4n) is 2.96. The van der Waals surface area contributed by atoms with Crippen molar-refractivity contribution in [1.29, 1.82) is 0 Å². The van der Waals surface area contributed by atoms with Gasteiger partial charge in [-0.05, 0) is 50.2 Å². The first kappa shape index (κ1) is 21.8. The highest BCUT2D eigenvalue weighted by Crippen LogP contribution is 2.27. The number of nitrogens with zero attached hydrogens (tertiary/aromatic N) is 3. The number of nitrogens with one attached hydrogen (secondary N) is 2. The van der Waals surface area contributed by atoms with E-state index in [1.807, 2.05) is 29.6 Å². The number of halogens is 1. The van der Waals surface area contributed by atoms with Crippen LogP contribution in [0.5, 0.6) is 5.75 Å². The standard InChI is InChI=1S/C22H20ClN5O3S/c1-13(29)24-16-8-4-14(5-9-16)18-12-32-21-26-20(27-28(18)21)25-19(30)22(2,3)31-17-10-6-15(23)7-11-17/h4-12H,1-3H3,(H,24,29)(H,25,27,30). The molecule has 0 unspecified atom stereocenters. The molecule has 2 aromatic carbocycles. The lowest BCUT2D eigenvalue weighted by atomic mass is 10.1. The van der Waals surface area contributed by atoms with Crippen LogP contribution in [-0.2, 0) is 9.59 Å². The molecule has 0 fully saturated rings. The molecule has 2 heterocycles. The van der Waals surface area contributed by atoms with E-state index in [2.05, 4.69) is 20.7 Å². The van der Waals surface area contributed by atoms with Crippen molar-refractivity contribution in [3.63, 3.8) is 0 Å². The summed E-state index contributed by atoms with van der Waals surface area (Å²) in [6.45, 7) is 4.79. The molecule has 0 aliphatic carbocycles. The second-order valence-electron chi connectivity index (χ2n) is 7.53. The third kappa shape index (κ3) is 4.74. The molecule has 4 rings (SSSR count). The highest BCUT2D eigenvalue weighted by Gasteiger charge is 2.31. The molecular weight excluding hydrogens is 450 g/mol. The van der Waals surface area contributed by atoms with Crippen LogP contribution >= 0.6 is 22.9 Å². The van der Waals surface area contributed by atoms with Gasteiger partial charge in [0.25, 0.3) is 11.9 Å². The van der Waals surface area contributed by atoms with Gasteiger partial charge in [-0.3, -0.25) is 14.9 Å². The minimum Gasteiger partial charge on any atom is -0.478 e. The molecule has 2 aromatic heterocycles. The number of carbonyl (C=O) groups is 2. The van der Waals surface area contributed by atoms with Gasteiger partial charge in [0, 0.05) is 28.6 Å². The highest BCUT2D eigenvalue weighted by molar-refractivity contribution is 7.15. The maximum Gasteiger partial charge on any atom is 0.270 e. The molecule has 164 valence electrons. The van der Waals surface area contributed by atoms with Crippen LogP contribution in [-0.4, -0.2) is 32.0 Å². The van der Waals surface area contributed by atoms with Crippen LogP contribution in [0.2, 0.25) is 5.02 Å². The summed E-state index contributed by atoms with van der Waals surface area (Å²) < 4.78 is 7.49. The normalized spacial score (nSPS) is 11.4. The van der Waals surface area contributed by atoms with Gasteiger partial charge < -0.3 is 10.1 Å². The zero-order chi connectivity index (χ0) is 22.9. The summed E-state index contributed by atoms with van der Waals surface area (Å²) in [5.41, 5.74) is 1.28. The molecule has 0 bridgehead atoms. The van der Waals surface area contributed by atoms with E-state index in [4.69, 9.17) is 16.3 Å². The molecule has 0 aliphatic rings. The first-order valence-corrected chi connectivity index (χ1v) is 11.0. The van der Waals surface area contributed by atoms with Crippen molar-refractivity contribution in [2.24, 2.45) is 0 Å². The Labute approximate surface area is 193 Å². The van der Waals surface area contributed by atoms with Crippen LogP contribution < -0.4 is 15.4 Å². The molecule has 0 saturated carbocycles. The van der Waals surface area contributed by atoms with Gasteiger partial charge in [-0.2, -0.15) is 4.98 Å². The summed E-state index contributed by atoms with van der Waals surface area (Å²) in [4.78, 5) is 29.0. The fraction of sp³-hybridized carbons (Fsp3) is 0.182. The number of amides is 2. The molecule has 0 atom stereocenters. The summed E-state index contributed by atoms with van der Waals surface area (Å²) in [7, 11) is 0. The average Bonchev–Trinajstić information content (AvgIpc) is 3.30. The zero-order valence-electron chi connectivity index (χ0n) is 17.5. The minimum absolute atomic E-state index is 0.129. The summed E-state index contributed by atoms with van der Waals surface area (Å²) in [5, 5.41) is 12.4. The van der Waals surface area contributed by atoms with Gasteiger partial charge in [0.1, 0.15) is 5.75 Å². The van der Waals surface area contributed by atoms with Crippen LogP contribution in [0.4, 0.5) is 11.6 Å². The van der Waals surface area contributed by atoms with E-state index in [9.17, 15) is 9.59 Å². The Morgan fingerprint density at radius 1 is 1.06 bits per heavy atom. The van der Waals surface area contributed by atoms with Crippen molar-refractivity contribution in [2.45, 2.75) is 26.4 Å². The molecule has 32 heavy (non-hydrogen) atoms. The Balaban J connectivity index is 1.51. The third-order valence-electron chi connectivity index (χ3n) is 4.54. The summed E-state index contributed by atoms with van der Waals surface area (Å²) in [6.07, 6.45) is 0. The van der Waals surface area contributed by atoms with Gasteiger partial charge in [0.15, 0.2) is 5.60 Å². The van der Waals surface area contributed by atoms with Crippen LogP contribution in [0.1, 0.15) is 20.8 Å². The molecule has 0 saturated heterocycles. The van der Waals surface area contributed by atoms with Crippen molar-refractivity contribution < 1.29 is 14.3 Å². The van der Waals surface area contributed by atoms with Gasteiger partial charge in [-0.15, -0.1) is 16.4 Å².